The van der Waals surface area contributed by atoms with Crippen LogP contribution >= 0.6 is 0 Å². The molecule has 1 saturated heterocycles. The van der Waals surface area contributed by atoms with Gasteiger partial charge in [-0.05, 0) is 62.6 Å². The van der Waals surface area contributed by atoms with Crippen LogP contribution in [0.2, 0.25) is 0 Å². The van der Waals surface area contributed by atoms with Crippen LogP contribution in [0.3, 0.4) is 0 Å². The first kappa shape index (κ1) is 24.6. The fourth-order valence-corrected chi connectivity index (χ4v) is 5.89. The van der Waals surface area contributed by atoms with E-state index in [-0.39, 0.29) is 16.1 Å². The average Bonchev–Trinajstić information content (AvgIpc) is 3.15. The molecule has 1 atom stereocenters. The summed E-state index contributed by atoms with van der Waals surface area (Å²) < 4.78 is 28.5. The standard InChI is InChI=1S/C27H28N6O3S/c1-18-16-27(2,3)33(17-18)25-20(10-7-15-29-25)26(34)32-37(35,36)23-13-5-12-22(31-23)30-21-11-4-8-19-9-6-14-28-24(19)21/h4-15,18H,16-17H2,1-3H3,(H,30,31)(H,32,34). The van der Waals surface area contributed by atoms with E-state index in [0.717, 1.165) is 23.9 Å². The number of nitrogens with one attached hydrogen (secondary N) is 2. The van der Waals surface area contributed by atoms with Gasteiger partial charge in [-0.15, -0.1) is 0 Å². The Morgan fingerprint density at radius 2 is 1.73 bits per heavy atom. The second kappa shape index (κ2) is 9.44. The summed E-state index contributed by atoms with van der Waals surface area (Å²) in [4.78, 5) is 28.4. The predicted octanol–water partition coefficient (Wildman–Crippen LogP) is 4.51. The molecular formula is C27H28N6O3S. The molecule has 9 nitrogen and oxygen atoms in total. The second-order valence-electron chi connectivity index (χ2n) is 9.91. The Morgan fingerprint density at radius 3 is 2.51 bits per heavy atom. The molecule has 1 aliphatic rings. The highest BCUT2D eigenvalue weighted by Gasteiger charge is 2.39. The number of sulfonamides is 1. The Morgan fingerprint density at radius 1 is 1.00 bits per heavy atom. The first-order chi connectivity index (χ1) is 17.6. The number of rotatable bonds is 6. The zero-order valence-electron chi connectivity index (χ0n) is 20.8. The van der Waals surface area contributed by atoms with E-state index in [1.807, 2.05) is 30.3 Å². The highest BCUT2D eigenvalue weighted by molar-refractivity contribution is 7.90. The third-order valence-electron chi connectivity index (χ3n) is 6.48. The molecule has 10 heteroatoms. The Kier molecular flexibility index (Phi) is 6.28. The minimum atomic E-state index is -4.26. The van der Waals surface area contributed by atoms with Crippen LogP contribution < -0.4 is 14.9 Å². The van der Waals surface area contributed by atoms with E-state index in [2.05, 4.69) is 50.7 Å². The number of fused-ring (bicyclic) bond motifs is 1. The number of anilines is 3. The van der Waals surface area contributed by atoms with Gasteiger partial charge in [0.05, 0.1) is 16.8 Å². The molecule has 3 aromatic heterocycles. The van der Waals surface area contributed by atoms with Gasteiger partial charge in [-0.25, -0.2) is 14.7 Å². The van der Waals surface area contributed by atoms with Gasteiger partial charge < -0.3 is 10.2 Å². The lowest BCUT2D eigenvalue weighted by Crippen LogP contribution is -2.41. The summed E-state index contributed by atoms with van der Waals surface area (Å²) in [5, 5.41) is 3.79. The van der Waals surface area contributed by atoms with Gasteiger partial charge in [-0.1, -0.05) is 31.2 Å². The molecule has 1 fully saturated rings. The summed E-state index contributed by atoms with van der Waals surface area (Å²) in [5.41, 5.74) is 1.41. The van der Waals surface area contributed by atoms with Gasteiger partial charge in [0.1, 0.15) is 11.6 Å². The van der Waals surface area contributed by atoms with Crippen LogP contribution in [0.15, 0.2) is 78.1 Å². The number of pyridine rings is 3. The molecule has 1 unspecified atom stereocenters. The summed E-state index contributed by atoms with van der Waals surface area (Å²) in [5.74, 6) is 0.449. The number of hydrogen-bond donors (Lipinski definition) is 2. The maximum atomic E-state index is 13.2. The average molecular weight is 517 g/mol. The smallest absolute Gasteiger partial charge is 0.281 e. The largest absolute Gasteiger partial charge is 0.351 e. The minimum Gasteiger partial charge on any atom is -0.351 e. The van der Waals surface area contributed by atoms with Crippen LogP contribution in [0.25, 0.3) is 10.9 Å². The van der Waals surface area contributed by atoms with E-state index in [0.29, 0.717) is 23.2 Å². The van der Waals surface area contributed by atoms with Crippen molar-refractivity contribution in [2.75, 3.05) is 16.8 Å². The van der Waals surface area contributed by atoms with Crippen molar-refractivity contribution in [1.82, 2.24) is 19.7 Å². The van der Waals surface area contributed by atoms with Crippen molar-refractivity contribution in [2.24, 2.45) is 5.92 Å². The number of amides is 1. The van der Waals surface area contributed by atoms with Crippen molar-refractivity contribution in [3.05, 3.63) is 78.6 Å². The molecule has 4 heterocycles. The minimum absolute atomic E-state index is 0.198. The molecule has 190 valence electrons. The van der Waals surface area contributed by atoms with E-state index in [9.17, 15) is 13.2 Å². The van der Waals surface area contributed by atoms with E-state index in [4.69, 9.17) is 0 Å². The number of carbonyl (C=O) groups excluding carboxylic acids is 1. The Balaban J connectivity index is 1.40. The lowest BCUT2D eigenvalue weighted by atomic mass is 9.97. The SMILES string of the molecule is CC1CN(c2ncccc2C(=O)NS(=O)(=O)c2cccc(Nc3cccc4cccnc34)n2)C(C)(C)C1. The molecule has 4 aromatic rings. The Bertz CT molecular complexity index is 1580. The van der Waals surface area contributed by atoms with E-state index in [1.54, 1.807) is 36.7 Å². The number of para-hydroxylation sites is 1. The Labute approximate surface area is 216 Å². The lowest BCUT2D eigenvalue weighted by Gasteiger charge is -2.33. The predicted molar refractivity (Wildman–Crippen MR) is 143 cm³/mol. The van der Waals surface area contributed by atoms with Gasteiger partial charge in [0.15, 0.2) is 5.03 Å². The number of hydrogen-bond acceptors (Lipinski definition) is 8. The van der Waals surface area contributed by atoms with Crippen molar-refractivity contribution in [3.8, 4) is 0 Å². The molecule has 5 rings (SSSR count). The van der Waals surface area contributed by atoms with E-state index in [1.165, 1.54) is 6.07 Å². The summed E-state index contributed by atoms with van der Waals surface area (Å²) in [7, 11) is -4.26. The van der Waals surface area contributed by atoms with Crippen molar-refractivity contribution < 1.29 is 13.2 Å². The molecule has 0 radical (unpaired) electrons. The van der Waals surface area contributed by atoms with Crippen molar-refractivity contribution in [2.45, 2.75) is 37.8 Å². The molecule has 37 heavy (non-hydrogen) atoms. The lowest BCUT2D eigenvalue weighted by molar-refractivity contribution is 0.0981. The molecule has 1 aliphatic heterocycles. The van der Waals surface area contributed by atoms with Gasteiger partial charge in [0.2, 0.25) is 0 Å². The van der Waals surface area contributed by atoms with Gasteiger partial charge in [0.25, 0.3) is 15.9 Å². The van der Waals surface area contributed by atoms with Crippen LogP contribution in [-0.4, -0.2) is 41.4 Å². The van der Waals surface area contributed by atoms with E-state index >= 15 is 0 Å². The van der Waals surface area contributed by atoms with Crippen LogP contribution in [0, 0.1) is 5.92 Å². The van der Waals surface area contributed by atoms with Gasteiger partial charge in [-0.2, -0.15) is 8.42 Å². The number of benzene rings is 1. The summed E-state index contributed by atoms with van der Waals surface area (Å²) in [6.07, 6.45) is 4.24. The summed E-state index contributed by atoms with van der Waals surface area (Å²) >= 11 is 0. The van der Waals surface area contributed by atoms with Crippen LogP contribution in [-0.2, 0) is 10.0 Å². The fourth-order valence-electron chi connectivity index (χ4n) is 4.96. The highest BCUT2D eigenvalue weighted by atomic mass is 32.2. The molecule has 0 aliphatic carbocycles. The molecule has 0 spiro atoms. The molecule has 2 N–H and O–H groups in total. The maximum absolute atomic E-state index is 13.2. The van der Waals surface area contributed by atoms with Crippen molar-refractivity contribution in [1.29, 1.82) is 0 Å². The van der Waals surface area contributed by atoms with Crippen molar-refractivity contribution >= 4 is 44.2 Å². The van der Waals surface area contributed by atoms with E-state index < -0.39 is 15.9 Å². The monoisotopic (exact) mass is 516 g/mol. The van der Waals surface area contributed by atoms with Gasteiger partial charge >= 0.3 is 0 Å². The molecule has 1 aromatic carbocycles. The second-order valence-corrected chi connectivity index (χ2v) is 11.5. The third-order valence-corrected chi connectivity index (χ3v) is 7.71. The molecule has 0 saturated carbocycles. The number of nitrogens with zero attached hydrogens (tertiary/aromatic N) is 4. The molecule has 1 amide bonds. The normalized spacial score (nSPS) is 17.1. The zero-order chi connectivity index (χ0) is 26.2. The molecule has 0 bridgehead atoms. The summed E-state index contributed by atoms with van der Waals surface area (Å²) in [6, 6.07) is 17.2. The highest BCUT2D eigenvalue weighted by Crippen LogP contribution is 2.37. The van der Waals surface area contributed by atoms with Crippen LogP contribution in [0.1, 0.15) is 37.6 Å². The first-order valence-corrected chi connectivity index (χ1v) is 13.5. The topological polar surface area (TPSA) is 117 Å². The first-order valence-electron chi connectivity index (χ1n) is 12.0. The number of carbonyl (C=O) groups is 1. The van der Waals surface area contributed by atoms with Crippen molar-refractivity contribution in [3.63, 3.8) is 0 Å². The van der Waals surface area contributed by atoms with Crippen LogP contribution in [0.4, 0.5) is 17.3 Å². The zero-order valence-corrected chi connectivity index (χ0v) is 21.7. The Hall–Kier alpha value is -4.05. The van der Waals surface area contributed by atoms with Gasteiger partial charge in [0, 0.05) is 29.9 Å². The van der Waals surface area contributed by atoms with Gasteiger partial charge in [-0.3, -0.25) is 9.78 Å². The maximum Gasteiger partial charge on any atom is 0.281 e. The quantitative estimate of drug-likeness (QED) is 0.384. The fraction of sp³-hybridized carbons (Fsp3) is 0.259. The number of aromatic nitrogens is 3. The summed E-state index contributed by atoms with van der Waals surface area (Å²) in [6.45, 7) is 7.07. The van der Waals surface area contributed by atoms with Crippen LogP contribution in [0.5, 0.6) is 0 Å². The molecular weight excluding hydrogens is 488 g/mol. The third kappa shape index (κ3) is 4.97.